The van der Waals surface area contributed by atoms with Crippen molar-refractivity contribution in [3.63, 3.8) is 0 Å². The van der Waals surface area contributed by atoms with Gasteiger partial charge in [-0.05, 0) is 49.1 Å². The third kappa shape index (κ3) is 3.55. The number of carbonyl (C=O) groups excluding carboxylic acids is 1. The molecule has 4 aliphatic rings. The molecule has 2 aromatic rings. The highest BCUT2D eigenvalue weighted by Gasteiger charge is 2.62. The van der Waals surface area contributed by atoms with Gasteiger partial charge in [-0.15, -0.1) is 0 Å². The van der Waals surface area contributed by atoms with E-state index in [4.69, 9.17) is 18.9 Å². The lowest BCUT2D eigenvalue weighted by molar-refractivity contribution is -0.163. The molecule has 0 amide bonds. The van der Waals surface area contributed by atoms with E-state index in [2.05, 4.69) is 34.1 Å². The number of aromatic nitrogens is 1. The second-order valence-corrected chi connectivity index (χ2v) is 9.46. The predicted octanol–water partition coefficient (Wildman–Crippen LogP) is 2.87. The minimum atomic E-state index is -0.638. The highest BCUT2D eigenvalue weighted by atomic mass is 16.7. The summed E-state index contributed by atoms with van der Waals surface area (Å²) >= 11 is 0. The molecule has 4 bridgehead atoms. The summed E-state index contributed by atoms with van der Waals surface area (Å²) in [5, 5.41) is 1.24. The van der Waals surface area contributed by atoms with Gasteiger partial charge in [-0.3, -0.25) is 9.69 Å². The number of hydrogen-bond acceptors (Lipinski definition) is 6. The number of H-pyrrole nitrogens is 1. The SMILES string of the molecule is COCCOCOCCC1CC2CN3CCc4c([nH]c5ccccc45)C(C(=O)OC)(C2)C13. The number of para-hydroxylation sites is 1. The quantitative estimate of drug-likeness (QED) is 0.366. The lowest BCUT2D eigenvalue weighted by Crippen LogP contribution is -2.67. The molecule has 1 aromatic carbocycles. The molecule has 1 aliphatic carbocycles. The molecule has 6 rings (SSSR count). The van der Waals surface area contributed by atoms with Crippen LogP contribution in [-0.4, -0.2) is 75.8 Å². The van der Waals surface area contributed by atoms with E-state index >= 15 is 0 Å². The van der Waals surface area contributed by atoms with Crippen LogP contribution in [0.4, 0.5) is 0 Å². The zero-order chi connectivity index (χ0) is 22.1. The van der Waals surface area contributed by atoms with E-state index in [0.717, 1.165) is 50.0 Å². The van der Waals surface area contributed by atoms with Crippen LogP contribution in [0.1, 0.15) is 30.5 Å². The number of aromatic amines is 1. The normalized spacial score (nSPS) is 30.8. The Morgan fingerprint density at radius 2 is 2.03 bits per heavy atom. The number of fused-ring (bicyclic) bond motifs is 4. The van der Waals surface area contributed by atoms with Crippen molar-refractivity contribution in [1.29, 1.82) is 0 Å². The van der Waals surface area contributed by atoms with Crippen LogP contribution in [0.15, 0.2) is 24.3 Å². The van der Waals surface area contributed by atoms with E-state index in [0.29, 0.717) is 31.7 Å². The van der Waals surface area contributed by atoms with Crippen LogP contribution < -0.4 is 0 Å². The summed E-state index contributed by atoms with van der Waals surface area (Å²) in [5.74, 6) is 0.776. The van der Waals surface area contributed by atoms with Crippen molar-refractivity contribution in [2.45, 2.75) is 37.1 Å². The molecule has 2 saturated heterocycles. The molecule has 3 fully saturated rings. The highest BCUT2D eigenvalue weighted by Crippen LogP contribution is 2.55. The van der Waals surface area contributed by atoms with E-state index in [-0.39, 0.29) is 18.8 Å². The van der Waals surface area contributed by atoms with Gasteiger partial charge in [0.05, 0.1) is 20.3 Å². The third-order valence-electron chi connectivity index (χ3n) is 7.77. The van der Waals surface area contributed by atoms with Gasteiger partial charge in [0.15, 0.2) is 0 Å². The van der Waals surface area contributed by atoms with Gasteiger partial charge in [-0.25, -0.2) is 0 Å². The Balaban J connectivity index is 1.44. The second-order valence-electron chi connectivity index (χ2n) is 9.46. The van der Waals surface area contributed by atoms with Crippen LogP contribution >= 0.6 is 0 Å². The Morgan fingerprint density at radius 1 is 1.19 bits per heavy atom. The summed E-state index contributed by atoms with van der Waals surface area (Å²) in [6.07, 6.45) is 3.87. The zero-order valence-electron chi connectivity index (χ0n) is 19.1. The third-order valence-corrected chi connectivity index (χ3v) is 7.77. The molecule has 4 heterocycles. The first-order valence-electron chi connectivity index (χ1n) is 11.8. The van der Waals surface area contributed by atoms with E-state index in [9.17, 15) is 4.79 Å². The van der Waals surface area contributed by atoms with Crippen LogP contribution in [0.3, 0.4) is 0 Å². The average molecular weight is 443 g/mol. The van der Waals surface area contributed by atoms with Crippen LogP contribution in [0.5, 0.6) is 0 Å². The van der Waals surface area contributed by atoms with Gasteiger partial charge in [0.25, 0.3) is 0 Å². The standard InChI is InChI=1S/C25H34N2O5/c1-29-11-12-32-16-31-10-8-18-13-17-14-25(24(28)30-2)22-20(7-9-27(15-17)23(18)25)19-5-3-4-6-21(19)26-22/h3-6,17-18,23,26H,7-16H2,1-2H3. The molecule has 32 heavy (non-hydrogen) atoms. The number of methoxy groups -OCH3 is 2. The van der Waals surface area contributed by atoms with E-state index in [1.165, 1.54) is 18.1 Å². The molecule has 7 nitrogen and oxygen atoms in total. The Labute approximate surface area is 189 Å². The van der Waals surface area contributed by atoms with Crippen LogP contribution in [0.25, 0.3) is 10.9 Å². The zero-order valence-corrected chi connectivity index (χ0v) is 19.1. The Kier molecular flexibility index (Phi) is 6.25. The van der Waals surface area contributed by atoms with E-state index in [1.807, 2.05) is 0 Å². The Bertz CT molecular complexity index is 959. The minimum absolute atomic E-state index is 0.0968. The van der Waals surface area contributed by atoms with Crippen molar-refractivity contribution < 1.29 is 23.7 Å². The number of hydrogen-bond donors (Lipinski definition) is 1. The van der Waals surface area contributed by atoms with Gasteiger partial charge in [0.2, 0.25) is 0 Å². The van der Waals surface area contributed by atoms with Crippen molar-refractivity contribution in [3.8, 4) is 0 Å². The minimum Gasteiger partial charge on any atom is -0.468 e. The van der Waals surface area contributed by atoms with Gasteiger partial charge >= 0.3 is 5.97 Å². The monoisotopic (exact) mass is 442 g/mol. The van der Waals surface area contributed by atoms with Crippen LogP contribution in [-0.2, 0) is 35.6 Å². The summed E-state index contributed by atoms with van der Waals surface area (Å²) in [6.45, 7) is 4.06. The molecule has 1 saturated carbocycles. The second kappa shape index (κ2) is 9.14. The van der Waals surface area contributed by atoms with Crippen LogP contribution in [0.2, 0.25) is 0 Å². The fourth-order valence-corrected chi connectivity index (χ4v) is 6.71. The molecular formula is C25H34N2O5. The Hall–Kier alpha value is -1.93. The summed E-state index contributed by atoms with van der Waals surface area (Å²) < 4.78 is 21.7. The molecule has 3 aliphatic heterocycles. The summed E-state index contributed by atoms with van der Waals surface area (Å²) in [4.78, 5) is 19.8. The van der Waals surface area contributed by atoms with Crippen molar-refractivity contribution in [2.24, 2.45) is 11.8 Å². The van der Waals surface area contributed by atoms with Gasteiger partial charge in [-0.2, -0.15) is 0 Å². The van der Waals surface area contributed by atoms with E-state index in [1.54, 1.807) is 7.11 Å². The van der Waals surface area contributed by atoms with Gasteiger partial charge in [0, 0.05) is 49.4 Å². The first kappa shape index (κ1) is 21.9. The lowest BCUT2D eigenvalue weighted by atomic mass is 9.56. The van der Waals surface area contributed by atoms with Crippen molar-refractivity contribution in [3.05, 3.63) is 35.5 Å². The molecule has 5 unspecified atom stereocenters. The maximum absolute atomic E-state index is 13.6. The molecule has 1 aromatic heterocycles. The van der Waals surface area contributed by atoms with Crippen molar-refractivity contribution >= 4 is 16.9 Å². The van der Waals surface area contributed by atoms with Gasteiger partial charge < -0.3 is 23.9 Å². The molecule has 1 N–H and O–H groups in total. The largest absolute Gasteiger partial charge is 0.468 e. The topological polar surface area (TPSA) is 73.0 Å². The van der Waals surface area contributed by atoms with Gasteiger partial charge in [-0.1, -0.05) is 18.2 Å². The van der Waals surface area contributed by atoms with Crippen molar-refractivity contribution in [1.82, 2.24) is 9.88 Å². The summed E-state index contributed by atoms with van der Waals surface area (Å²) in [7, 11) is 3.19. The number of esters is 1. The lowest BCUT2D eigenvalue weighted by Gasteiger charge is -2.58. The fraction of sp³-hybridized carbons (Fsp3) is 0.640. The van der Waals surface area contributed by atoms with Crippen LogP contribution in [0, 0.1) is 11.8 Å². The number of carbonyl (C=O) groups is 1. The van der Waals surface area contributed by atoms with Gasteiger partial charge in [0.1, 0.15) is 12.2 Å². The molecular weight excluding hydrogens is 408 g/mol. The van der Waals surface area contributed by atoms with E-state index < -0.39 is 5.41 Å². The highest BCUT2D eigenvalue weighted by molar-refractivity contribution is 5.91. The number of nitrogens with zero attached hydrogens (tertiary/aromatic N) is 1. The number of benzene rings is 1. The molecule has 0 radical (unpaired) electrons. The first-order valence-corrected chi connectivity index (χ1v) is 11.8. The number of rotatable bonds is 9. The molecule has 5 atom stereocenters. The Morgan fingerprint density at radius 3 is 2.88 bits per heavy atom. The molecule has 0 spiro atoms. The number of ether oxygens (including phenoxy) is 4. The maximum Gasteiger partial charge on any atom is 0.319 e. The summed E-state index contributed by atoms with van der Waals surface area (Å²) in [5.41, 5.74) is 2.86. The maximum atomic E-state index is 13.6. The summed E-state index contributed by atoms with van der Waals surface area (Å²) in [6, 6.07) is 8.56. The van der Waals surface area contributed by atoms with Crippen molar-refractivity contribution in [2.75, 3.05) is 53.9 Å². The smallest absolute Gasteiger partial charge is 0.319 e. The molecule has 7 heteroatoms. The average Bonchev–Trinajstić information content (AvgIpc) is 3.16. The first-order chi connectivity index (χ1) is 15.7. The number of piperidine rings is 2. The number of nitrogens with one attached hydrogen (secondary N) is 1. The predicted molar refractivity (Wildman–Crippen MR) is 121 cm³/mol. The fourth-order valence-electron chi connectivity index (χ4n) is 6.71. The molecule has 174 valence electrons.